The number of hydrogen-bond donors (Lipinski definition) is 1. The minimum Gasteiger partial charge on any atom is -0.497 e. The van der Waals surface area contributed by atoms with Crippen LogP contribution < -0.4 is 15.2 Å². The van der Waals surface area contributed by atoms with E-state index in [9.17, 15) is 9.59 Å². The van der Waals surface area contributed by atoms with Crippen molar-refractivity contribution in [1.29, 1.82) is 0 Å². The molecule has 7 heteroatoms. The first-order valence-electron chi connectivity index (χ1n) is 8.62. The topological polar surface area (TPSA) is 81.9 Å². The second-order valence-corrected chi connectivity index (χ2v) is 6.83. The Morgan fingerprint density at radius 3 is 2.48 bits per heavy atom. The lowest BCUT2D eigenvalue weighted by atomic mass is 10.2. The van der Waals surface area contributed by atoms with Crippen molar-refractivity contribution >= 4 is 23.4 Å². The molecule has 1 aliphatic carbocycles. The largest absolute Gasteiger partial charge is 0.497 e. The van der Waals surface area contributed by atoms with E-state index >= 15 is 0 Å². The third-order valence-electron chi connectivity index (χ3n) is 4.38. The van der Waals surface area contributed by atoms with E-state index in [4.69, 9.17) is 26.8 Å². The van der Waals surface area contributed by atoms with Gasteiger partial charge >= 0.3 is 0 Å². The Hall–Kier alpha value is -2.73. The van der Waals surface area contributed by atoms with Crippen LogP contribution in [-0.4, -0.2) is 36.5 Å². The summed E-state index contributed by atoms with van der Waals surface area (Å²) in [6, 6.07) is 12.4. The molecule has 1 saturated carbocycles. The molecule has 0 unspecified atom stereocenters. The summed E-state index contributed by atoms with van der Waals surface area (Å²) in [5, 5.41) is 0.376. The maximum absolute atomic E-state index is 12.7. The summed E-state index contributed by atoms with van der Waals surface area (Å²) in [5.41, 5.74) is 6.52. The smallest absolute Gasteiger partial charge is 0.261 e. The van der Waals surface area contributed by atoms with E-state index < -0.39 is 5.91 Å². The average molecular weight is 389 g/mol. The third-order valence-corrected chi connectivity index (χ3v) is 4.61. The van der Waals surface area contributed by atoms with Crippen LogP contribution in [-0.2, 0) is 11.3 Å². The Labute approximate surface area is 162 Å². The molecular weight excluding hydrogens is 368 g/mol. The number of nitrogens with two attached hydrogens (primary N) is 1. The van der Waals surface area contributed by atoms with E-state index in [0.29, 0.717) is 11.6 Å². The fourth-order valence-electron chi connectivity index (χ4n) is 2.78. The van der Waals surface area contributed by atoms with Gasteiger partial charge in [0.2, 0.25) is 0 Å². The normalized spacial score (nSPS) is 13.1. The standard InChI is InChI=1S/C20H21ClN2O4/c1-26-16-7-2-13(3-8-16)11-23(15-5-6-15)19(24)12-27-18-9-4-14(21)10-17(18)20(22)25/h2-4,7-10,15H,5-6,11-12H2,1H3,(H2,22,25). The Balaban J connectivity index is 1.66. The molecule has 2 amide bonds. The molecule has 0 spiro atoms. The number of halogens is 1. The zero-order valence-corrected chi connectivity index (χ0v) is 15.7. The number of carbonyl (C=O) groups excluding carboxylic acids is 2. The molecule has 142 valence electrons. The number of ether oxygens (including phenoxy) is 2. The van der Waals surface area contributed by atoms with Gasteiger partial charge in [-0.25, -0.2) is 0 Å². The fourth-order valence-corrected chi connectivity index (χ4v) is 2.95. The zero-order chi connectivity index (χ0) is 19.4. The lowest BCUT2D eigenvalue weighted by Gasteiger charge is -2.23. The van der Waals surface area contributed by atoms with Crippen LogP contribution in [0.5, 0.6) is 11.5 Å². The molecule has 0 saturated heterocycles. The summed E-state index contributed by atoms with van der Waals surface area (Å²) in [5.74, 6) is 0.226. The number of hydrogen-bond acceptors (Lipinski definition) is 4. The monoisotopic (exact) mass is 388 g/mol. The van der Waals surface area contributed by atoms with Crippen LogP contribution in [0, 0.1) is 0 Å². The van der Waals surface area contributed by atoms with Crippen molar-refractivity contribution in [3.8, 4) is 11.5 Å². The second-order valence-electron chi connectivity index (χ2n) is 6.39. The van der Waals surface area contributed by atoms with Gasteiger partial charge in [-0.3, -0.25) is 9.59 Å². The van der Waals surface area contributed by atoms with Gasteiger partial charge in [-0.1, -0.05) is 23.7 Å². The summed E-state index contributed by atoms with van der Waals surface area (Å²) >= 11 is 5.89. The van der Waals surface area contributed by atoms with Gasteiger partial charge in [-0.2, -0.15) is 0 Å². The van der Waals surface area contributed by atoms with Crippen molar-refractivity contribution in [2.24, 2.45) is 5.73 Å². The van der Waals surface area contributed by atoms with Gasteiger partial charge in [0.1, 0.15) is 11.5 Å². The first-order chi connectivity index (χ1) is 13.0. The van der Waals surface area contributed by atoms with Crippen molar-refractivity contribution in [2.75, 3.05) is 13.7 Å². The quantitative estimate of drug-likeness (QED) is 0.753. The maximum Gasteiger partial charge on any atom is 0.261 e. The first-order valence-corrected chi connectivity index (χ1v) is 9.00. The van der Waals surface area contributed by atoms with E-state index in [0.717, 1.165) is 24.2 Å². The van der Waals surface area contributed by atoms with E-state index in [-0.39, 0.29) is 29.9 Å². The number of methoxy groups -OCH3 is 1. The Bertz CT molecular complexity index is 834. The second kappa shape index (κ2) is 8.31. The molecular formula is C20H21ClN2O4. The van der Waals surface area contributed by atoms with Gasteiger partial charge in [0.25, 0.3) is 11.8 Å². The molecule has 1 aliphatic rings. The molecule has 0 atom stereocenters. The summed E-state index contributed by atoms with van der Waals surface area (Å²) in [6.07, 6.45) is 1.96. The predicted molar refractivity (Wildman–Crippen MR) is 102 cm³/mol. The maximum atomic E-state index is 12.7. The fraction of sp³-hybridized carbons (Fsp3) is 0.300. The number of rotatable bonds is 8. The number of primary amides is 1. The number of benzene rings is 2. The van der Waals surface area contributed by atoms with Gasteiger partial charge in [0.15, 0.2) is 6.61 Å². The van der Waals surface area contributed by atoms with Gasteiger partial charge in [0.05, 0.1) is 12.7 Å². The van der Waals surface area contributed by atoms with Crippen LogP contribution in [0.15, 0.2) is 42.5 Å². The van der Waals surface area contributed by atoms with Crippen molar-refractivity contribution in [2.45, 2.75) is 25.4 Å². The average Bonchev–Trinajstić information content (AvgIpc) is 3.50. The highest BCUT2D eigenvalue weighted by atomic mass is 35.5. The van der Waals surface area contributed by atoms with E-state index in [1.807, 2.05) is 29.2 Å². The van der Waals surface area contributed by atoms with Crippen molar-refractivity contribution < 1.29 is 19.1 Å². The molecule has 3 rings (SSSR count). The van der Waals surface area contributed by atoms with E-state index in [2.05, 4.69) is 0 Å². The molecule has 2 N–H and O–H groups in total. The van der Waals surface area contributed by atoms with Crippen molar-refractivity contribution in [3.63, 3.8) is 0 Å². The highest BCUT2D eigenvalue weighted by Crippen LogP contribution is 2.29. The summed E-state index contributed by atoms with van der Waals surface area (Å²) in [4.78, 5) is 26.1. The van der Waals surface area contributed by atoms with Crippen LogP contribution in [0.2, 0.25) is 5.02 Å². The Kier molecular flexibility index (Phi) is 5.86. The molecule has 0 aliphatic heterocycles. The highest BCUT2D eigenvalue weighted by Gasteiger charge is 2.32. The molecule has 0 heterocycles. The van der Waals surface area contributed by atoms with E-state index in [1.165, 1.54) is 6.07 Å². The molecule has 2 aromatic rings. The molecule has 2 aromatic carbocycles. The number of carbonyl (C=O) groups is 2. The van der Waals surface area contributed by atoms with Crippen LogP contribution in [0.4, 0.5) is 0 Å². The number of nitrogens with zero attached hydrogens (tertiary/aromatic N) is 1. The molecule has 6 nitrogen and oxygen atoms in total. The summed E-state index contributed by atoms with van der Waals surface area (Å²) < 4.78 is 10.7. The SMILES string of the molecule is COc1ccc(CN(C(=O)COc2ccc(Cl)cc2C(N)=O)C2CC2)cc1. The van der Waals surface area contributed by atoms with Crippen molar-refractivity contribution in [3.05, 3.63) is 58.6 Å². The lowest BCUT2D eigenvalue weighted by molar-refractivity contribution is -0.134. The highest BCUT2D eigenvalue weighted by molar-refractivity contribution is 6.31. The van der Waals surface area contributed by atoms with Crippen molar-refractivity contribution in [1.82, 2.24) is 4.90 Å². The molecule has 0 bridgehead atoms. The minimum absolute atomic E-state index is 0.140. The molecule has 0 radical (unpaired) electrons. The van der Waals surface area contributed by atoms with Crippen LogP contribution in [0.1, 0.15) is 28.8 Å². The van der Waals surface area contributed by atoms with Gasteiger partial charge in [-0.15, -0.1) is 0 Å². The minimum atomic E-state index is -0.655. The first kappa shape index (κ1) is 19.0. The molecule has 1 fully saturated rings. The molecule has 27 heavy (non-hydrogen) atoms. The zero-order valence-electron chi connectivity index (χ0n) is 15.0. The third kappa shape index (κ3) is 4.92. The summed E-state index contributed by atoms with van der Waals surface area (Å²) in [6.45, 7) is 0.328. The van der Waals surface area contributed by atoms with Gasteiger partial charge in [-0.05, 0) is 48.7 Å². The van der Waals surface area contributed by atoms with Crippen LogP contribution in [0.25, 0.3) is 0 Å². The van der Waals surface area contributed by atoms with Gasteiger partial charge < -0.3 is 20.1 Å². The number of amides is 2. The van der Waals surface area contributed by atoms with E-state index in [1.54, 1.807) is 19.2 Å². The Morgan fingerprint density at radius 1 is 1.19 bits per heavy atom. The lowest BCUT2D eigenvalue weighted by Crippen LogP contribution is -2.36. The van der Waals surface area contributed by atoms with Crippen LogP contribution in [0.3, 0.4) is 0 Å². The predicted octanol–water partition coefficient (Wildman–Crippen LogP) is 3.02. The van der Waals surface area contributed by atoms with Crippen LogP contribution >= 0.6 is 11.6 Å². The van der Waals surface area contributed by atoms with Gasteiger partial charge in [0, 0.05) is 17.6 Å². The Morgan fingerprint density at radius 2 is 1.89 bits per heavy atom. The summed E-state index contributed by atoms with van der Waals surface area (Å²) in [7, 11) is 1.61. The molecule has 0 aromatic heterocycles.